The molecule has 2 saturated heterocycles. The molecule has 4 nitrogen and oxygen atoms in total. The van der Waals surface area contributed by atoms with Crippen LogP contribution in [-0.2, 0) is 0 Å². The zero-order valence-corrected chi connectivity index (χ0v) is 12.3. The van der Waals surface area contributed by atoms with E-state index in [0.29, 0.717) is 0 Å². The van der Waals surface area contributed by atoms with Crippen LogP contribution in [0, 0.1) is 0 Å². The van der Waals surface area contributed by atoms with Crippen molar-refractivity contribution in [3.05, 3.63) is 30.5 Å². The van der Waals surface area contributed by atoms with Gasteiger partial charge in [0.1, 0.15) is 0 Å². The van der Waals surface area contributed by atoms with Crippen molar-refractivity contribution in [2.45, 2.75) is 25.3 Å². The summed E-state index contributed by atoms with van der Waals surface area (Å²) in [4.78, 5) is 9.64. The topological polar surface area (TPSA) is 45.4 Å². The molecule has 4 rings (SSSR count). The summed E-state index contributed by atoms with van der Waals surface area (Å²) < 4.78 is 0. The number of aromatic nitrogens is 1. The normalized spacial score (nSPS) is 23.2. The van der Waals surface area contributed by atoms with Crippen LogP contribution in [0.25, 0.3) is 10.9 Å². The maximum Gasteiger partial charge on any atom is 0.0743 e. The van der Waals surface area contributed by atoms with E-state index in [1.54, 1.807) is 0 Å². The standard InChI is InChI=1S/C17H22N4/c18-13-3-4-15-16(11-13)19-7-5-17(15)21-10-6-14(12-21)20-8-1-2-9-20/h3-5,7,11,14H,1-2,6,8-10,12,18H2. The Morgan fingerprint density at radius 1 is 1.10 bits per heavy atom. The number of anilines is 2. The van der Waals surface area contributed by atoms with Crippen molar-refractivity contribution in [3.8, 4) is 0 Å². The van der Waals surface area contributed by atoms with Gasteiger partial charge in [-0.25, -0.2) is 0 Å². The number of benzene rings is 1. The van der Waals surface area contributed by atoms with E-state index in [-0.39, 0.29) is 0 Å². The fraction of sp³-hybridized carbons (Fsp3) is 0.471. The first-order valence-electron chi connectivity index (χ1n) is 7.94. The minimum atomic E-state index is 0.726. The summed E-state index contributed by atoms with van der Waals surface area (Å²) in [5.41, 5.74) is 8.96. The number of nitrogens with two attached hydrogens (primary N) is 1. The van der Waals surface area contributed by atoms with Gasteiger partial charge in [0.2, 0.25) is 0 Å². The molecule has 0 amide bonds. The molecule has 1 aromatic heterocycles. The highest BCUT2D eigenvalue weighted by Gasteiger charge is 2.29. The van der Waals surface area contributed by atoms with Crippen molar-refractivity contribution in [3.63, 3.8) is 0 Å². The third-order valence-corrected chi connectivity index (χ3v) is 4.90. The highest BCUT2D eigenvalue weighted by molar-refractivity contribution is 5.93. The molecule has 1 aromatic carbocycles. The lowest BCUT2D eigenvalue weighted by Gasteiger charge is -2.25. The molecular weight excluding hydrogens is 260 g/mol. The lowest BCUT2D eigenvalue weighted by Crippen LogP contribution is -2.35. The van der Waals surface area contributed by atoms with Gasteiger partial charge in [-0.05, 0) is 56.6 Å². The summed E-state index contributed by atoms with van der Waals surface area (Å²) in [6.45, 7) is 4.85. The molecule has 110 valence electrons. The van der Waals surface area contributed by atoms with E-state index in [2.05, 4.69) is 26.9 Å². The van der Waals surface area contributed by atoms with Gasteiger partial charge in [0.25, 0.3) is 0 Å². The van der Waals surface area contributed by atoms with E-state index in [1.165, 1.54) is 43.4 Å². The first-order valence-corrected chi connectivity index (χ1v) is 7.94. The Bertz CT molecular complexity index is 648. The summed E-state index contributed by atoms with van der Waals surface area (Å²) in [7, 11) is 0. The summed E-state index contributed by atoms with van der Waals surface area (Å²) in [5, 5.41) is 1.22. The second kappa shape index (κ2) is 5.19. The molecule has 2 N–H and O–H groups in total. The maximum absolute atomic E-state index is 5.87. The summed E-state index contributed by atoms with van der Waals surface area (Å²) in [6, 6.07) is 8.92. The minimum Gasteiger partial charge on any atom is -0.399 e. The Kier molecular flexibility index (Phi) is 3.19. The maximum atomic E-state index is 5.87. The number of likely N-dealkylation sites (tertiary alicyclic amines) is 1. The fourth-order valence-electron chi connectivity index (χ4n) is 3.79. The van der Waals surface area contributed by atoms with E-state index in [4.69, 9.17) is 5.73 Å². The van der Waals surface area contributed by atoms with Crippen LogP contribution in [0.5, 0.6) is 0 Å². The van der Waals surface area contributed by atoms with Crippen LogP contribution >= 0.6 is 0 Å². The largest absolute Gasteiger partial charge is 0.399 e. The molecule has 1 unspecified atom stereocenters. The number of pyridine rings is 1. The van der Waals surface area contributed by atoms with Gasteiger partial charge in [-0.1, -0.05) is 0 Å². The van der Waals surface area contributed by atoms with Crippen LogP contribution in [0.15, 0.2) is 30.5 Å². The van der Waals surface area contributed by atoms with Gasteiger partial charge in [0, 0.05) is 42.1 Å². The number of fused-ring (bicyclic) bond motifs is 1. The fourth-order valence-corrected chi connectivity index (χ4v) is 3.79. The monoisotopic (exact) mass is 282 g/mol. The van der Waals surface area contributed by atoms with Gasteiger partial charge in [-0.2, -0.15) is 0 Å². The molecular formula is C17H22N4. The Hall–Kier alpha value is -1.81. The summed E-state index contributed by atoms with van der Waals surface area (Å²) in [5.74, 6) is 0. The van der Waals surface area contributed by atoms with Gasteiger partial charge < -0.3 is 10.6 Å². The molecule has 2 aromatic rings. The number of nitrogen functional groups attached to an aromatic ring is 1. The number of nitrogens with zero attached hydrogens (tertiary/aromatic N) is 3. The van der Waals surface area contributed by atoms with E-state index in [9.17, 15) is 0 Å². The molecule has 2 aliphatic rings. The first kappa shape index (κ1) is 12.9. The Balaban J connectivity index is 1.62. The molecule has 0 bridgehead atoms. The smallest absolute Gasteiger partial charge is 0.0743 e. The van der Waals surface area contributed by atoms with Crippen molar-refractivity contribution < 1.29 is 0 Å². The Labute approximate surface area is 125 Å². The predicted molar refractivity (Wildman–Crippen MR) is 87.6 cm³/mol. The molecule has 3 heterocycles. The van der Waals surface area contributed by atoms with Crippen LogP contribution in [0.2, 0.25) is 0 Å². The van der Waals surface area contributed by atoms with Crippen molar-refractivity contribution in [2.75, 3.05) is 36.8 Å². The van der Waals surface area contributed by atoms with Crippen LogP contribution in [0.3, 0.4) is 0 Å². The summed E-state index contributed by atoms with van der Waals surface area (Å²) >= 11 is 0. The van der Waals surface area contributed by atoms with Gasteiger partial charge in [0.05, 0.1) is 5.52 Å². The van der Waals surface area contributed by atoms with Crippen molar-refractivity contribution >= 4 is 22.3 Å². The Morgan fingerprint density at radius 3 is 2.81 bits per heavy atom. The molecule has 0 saturated carbocycles. The van der Waals surface area contributed by atoms with Gasteiger partial charge in [-0.15, -0.1) is 0 Å². The van der Waals surface area contributed by atoms with Crippen molar-refractivity contribution in [1.82, 2.24) is 9.88 Å². The highest BCUT2D eigenvalue weighted by atomic mass is 15.3. The SMILES string of the molecule is Nc1ccc2c(N3CCC(N4CCCC4)C3)ccnc2c1. The zero-order chi connectivity index (χ0) is 14.2. The summed E-state index contributed by atoms with van der Waals surface area (Å²) in [6.07, 6.45) is 5.92. The molecule has 0 spiro atoms. The molecule has 2 fully saturated rings. The Morgan fingerprint density at radius 2 is 1.95 bits per heavy atom. The van der Waals surface area contributed by atoms with Gasteiger partial charge >= 0.3 is 0 Å². The number of hydrogen-bond acceptors (Lipinski definition) is 4. The predicted octanol–water partition coefficient (Wildman–Crippen LogP) is 2.49. The third kappa shape index (κ3) is 2.33. The lowest BCUT2D eigenvalue weighted by molar-refractivity contribution is 0.260. The number of hydrogen-bond donors (Lipinski definition) is 1. The first-order chi connectivity index (χ1) is 10.3. The van der Waals surface area contributed by atoms with E-state index in [1.807, 2.05) is 18.3 Å². The second-order valence-electron chi connectivity index (χ2n) is 6.24. The third-order valence-electron chi connectivity index (χ3n) is 4.90. The number of rotatable bonds is 2. The molecule has 2 aliphatic heterocycles. The minimum absolute atomic E-state index is 0.726. The van der Waals surface area contributed by atoms with Gasteiger partial charge in [0.15, 0.2) is 0 Å². The van der Waals surface area contributed by atoms with E-state index in [0.717, 1.165) is 30.3 Å². The van der Waals surface area contributed by atoms with Gasteiger partial charge in [-0.3, -0.25) is 9.88 Å². The van der Waals surface area contributed by atoms with Crippen molar-refractivity contribution in [1.29, 1.82) is 0 Å². The molecule has 1 atom stereocenters. The average molecular weight is 282 g/mol. The average Bonchev–Trinajstić information content (AvgIpc) is 3.17. The lowest BCUT2D eigenvalue weighted by atomic mass is 10.1. The second-order valence-corrected chi connectivity index (χ2v) is 6.24. The molecule has 0 radical (unpaired) electrons. The molecule has 0 aliphatic carbocycles. The van der Waals surface area contributed by atoms with Crippen LogP contribution < -0.4 is 10.6 Å². The quantitative estimate of drug-likeness (QED) is 0.860. The van der Waals surface area contributed by atoms with Crippen LogP contribution in [0.4, 0.5) is 11.4 Å². The van der Waals surface area contributed by atoms with E-state index < -0.39 is 0 Å². The zero-order valence-electron chi connectivity index (χ0n) is 12.3. The van der Waals surface area contributed by atoms with Crippen molar-refractivity contribution in [2.24, 2.45) is 0 Å². The highest BCUT2D eigenvalue weighted by Crippen LogP contribution is 2.31. The molecule has 21 heavy (non-hydrogen) atoms. The molecule has 4 heteroatoms. The van der Waals surface area contributed by atoms with Crippen LogP contribution in [0.1, 0.15) is 19.3 Å². The van der Waals surface area contributed by atoms with Crippen LogP contribution in [-0.4, -0.2) is 42.1 Å². The van der Waals surface area contributed by atoms with E-state index >= 15 is 0 Å².